The quantitative estimate of drug-likeness (QED) is 0.386. The average Bonchev–Trinajstić information content (AvgIpc) is 2.47. The molecule has 2 atom stereocenters. The molecular formula is C22H38O2. The zero-order valence-electron chi connectivity index (χ0n) is 16.8. The van der Waals surface area contributed by atoms with Crippen molar-refractivity contribution >= 4 is 5.97 Å². The number of hydrogen-bond donors (Lipinski definition) is 0. The summed E-state index contributed by atoms with van der Waals surface area (Å²) in [6.07, 6.45) is 11.7. The van der Waals surface area contributed by atoms with Gasteiger partial charge in [0.2, 0.25) is 0 Å². The van der Waals surface area contributed by atoms with E-state index in [1.165, 1.54) is 43.8 Å². The maximum atomic E-state index is 10.5. The van der Waals surface area contributed by atoms with E-state index in [9.17, 15) is 4.79 Å². The minimum Gasteiger partial charge on any atom is -0.466 e. The van der Waals surface area contributed by atoms with Gasteiger partial charge in [0.15, 0.2) is 0 Å². The Hall–Kier alpha value is -1.31. The Labute approximate surface area is 150 Å². The fourth-order valence-electron chi connectivity index (χ4n) is 2.62. The minimum atomic E-state index is -0.179. The molecule has 2 nitrogen and oxygen atoms in total. The van der Waals surface area contributed by atoms with Crippen molar-refractivity contribution in [3.63, 3.8) is 0 Å². The second kappa shape index (κ2) is 13.0. The van der Waals surface area contributed by atoms with Crippen molar-refractivity contribution in [2.24, 2.45) is 11.8 Å². The van der Waals surface area contributed by atoms with E-state index in [1.54, 1.807) is 5.57 Å². The fourth-order valence-corrected chi connectivity index (χ4v) is 2.62. The van der Waals surface area contributed by atoms with Crippen LogP contribution < -0.4 is 0 Å². The van der Waals surface area contributed by atoms with Gasteiger partial charge in [0.1, 0.15) is 0 Å². The smallest absolute Gasteiger partial charge is 0.302 e. The van der Waals surface area contributed by atoms with Crippen LogP contribution in [-0.2, 0) is 9.53 Å². The van der Waals surface area contributed by atoms with Crippen molar-refractivity contribution in [2.45, 2.75) is 80.1 Å². The Bertz CT molecular complexity index is 439. The highest BCUT2D eigenvalue weighted by Crippen LogP contribution is 2.27. The summed E-state index contributed by atoms with van der Waals surface area (Å²) >= 11 is 0. The molecular weight excluding hydrogens is 296 g/mol. The second-order valence-corrected chi connectivity index (χ2v) is 7.46. The van der Waals surface area contributed by atoms with Gasteiger partial charge < -0.3 is 4.74 Å². The lowest BCUT2D eigenvalue weighted by molar-refractivity contribution is -0.141. The van der Waals surface area contributed by atoms with Crippen LogP contribution in [0.4, 0.5) is 0 Å². The molecule has 1 aliphatic carbocycles. The summed E-state index contributed by atoms with van der Waals surface area (Å²) in [5, 5.41) is 0. The van der Waals surface area contributed by atoms with Crippen LogP contribution in [0, 0.1) is 11.8 Å². The van der Waals surface area contributed by atoms with Gasteiger partial charge in [-0.15, -0.1) is 0 Å². The van der Waals surface area contributed by atoms with Crippen LogP contribution in [0.25, 0.3) is 0 Å². The zero-order valence-corrected chi connectivity index (χ0v) is 16.8. The van der Waals surface area contributed by atoms with Gasteiger partial charge in [0.25, 0.3) is 0 Å². The number of allylic oxidation sites excluding steroid dienone is 5. The van der Waals surface area contributed by atoms with Crippen molar-refractivity contribution < 1.29 is 9.53 Å². The third-order valence-electron chi connectivity index (χ3n) is 4.46. The van der Waals surface area contributed by atoms with Gasteiger partial charge in [-0.05, 0) is 78.1 Å². The predicted octanol–water partition coefficient (Wildman–Crippen LogP) is 6.63. The normalized spacial score (nSPS) is 17.8. The highest BCUT2D eigenvalue weighted by molar-refractivity contribution is 5.65. The van der Waals surface area contributed by atoms with E-state index >= 15 is 0 Å². The Morgan fingerprint density at radius 2 is 2.00 bits per heavy atom. The lowest BCUT2D eigenvalue weighted by Gasteiger charge is -2.19. The van der Waals surface area contributed by atoms with E-state index in [2.05, 4.69) is 53.3 Å². The molecule has 0 aromatic rings. The molecule has 2 heteroatoms. The lowest BCUT2D eigenvalue weighted by Crippen LogP contribution is -2.05. The van der Waals surface area contributed by atoms with Crippen LogP contribution >= 0.6 is 0 Å². The first-order chi connectivity index (χ1) is 11.2. The Morgan fingerprint density at radius 3 is 2.46 bits per heavy atom. The van der Waals surface area contributed by atoms with Gasteiger partial charge in [-0.3, -0.25) is 4.79 Å². The van der Waals surface area contributed by atoms with Crippen LogP contribution in [0.2, 0.25) is 0 Å². The highest BCUT2D eigenvalue weighted by atomic mass is 16.5. The summed E-state index contributed by atoms with van der Waals surface area (Å²) in [4.78, 5) is 10.5. The molecule has 0 aliphatic heterocycles. The van der Waals surface area contributed by atoms with E-state index in [-0.39, 0.29) is 5.97 Å². The minimum absolute atomic E-state index is 0.179. The Balaban J connectivity index is 0.000000463. The highest BCUT2D eigenvalue weighted by Gasteiger charge is 2.11. The van der Waals surface area contributed by atoms with Gasteiger partial charge in [0.05, 0.1) is 6.61 Å². The first-order valence-electron chi connectivity index (χ1n) is 9.30. The van der Waals surface area contributed by atoms with E-state index in [1.807, 2.05) is 0 Å². The third kappa shape index (κ3) is 13.2. The van der Waals surface area contributed by atoms with E-state index in [4.69, 9.17) is 4.74 Å². The van der Waals surface area contributed by atoms with Crippen molar-refractivity contribution in [1.82, 2.24) is 0 Å². The predicted molar refractivity (Wildman–Crippen MR) is 105 cm³/mol. The largest absolute Gasteiger partial charge is 0.466 e. The van der Waals surface area contributed by atoms with Crippen LogP contribution in [0.5, 0.6) is 0 Å². The molecule has 0 aromatic heterocycles. The maximum Gasteiger partial charge on any atom is 0.302 e. The van der Waals surface area contributed by atoms with E-state index < -0.39 is 0 Å². The fraction of sp³-hybridized carbons (Fsp3) is 0.682. The number of carbonyl (C=O) groups excluding carboxylic acids is 1. The molecule has 0 amide bonds. The molecule has 0 N–H and O–H groups in total. The molecule has 2 unspecified atom stereocenters. The Kier molecular flexibility index (Phi) is 12.3. The molecule has 138 valence electrons. The summed E-state index contributed by atoms with van der Waals surface area (Å²) in [7, 11) is 0. The SMILES string of the molecule is C=C(C)C1CC=C(C)CC1.CC(=O)OCCC(C)CCC=C(C)C. The summed E-state index contributed by atoms with van der Waals surface area (Å²) in [6.45, 7) is 16.8. The first-order valence-corrected chi connectivity index (χ1v) is 9.30. The summed E-state index contributed by atoms with van der Waals surface area (Å²) in [5.41, 5.74) is 4.28. The molecule has 0 heterocycles. The lowest BCUT2D eigenvalue weighted by atomic mass is 9.86. The first kappa shape index (κ1) is 22.7. The van der Waals surface area contributed by atoms with Crippen LogP contribution in [0.15, 0.2) is 35.5 Å². The molecule has 0 aromatic carbocycles. The van der Waals surface area contributed by atoms with Gasteiger partial charge in [-0.1, -0.05) is 42.4 Å². The molecule has 24 heavy (non-hydrogen) atoms. The Morgan fingerprint density at radius 1 is 1.33 bits per heavy atom. The van der Waals surface area contributed by atoms with Gasteiger partial charge in [-0.25, -0.2) is 0 Å². The molecule has 1 rings (SSSR count). The third-order valence-corrected chi connectivity index (χ3v) is 4.46. The monoisotopic (exact) mass is 334 g/mol. The summed E-state index contributed by atoms with van der Waals surface area (Å²) in [6, 6.07) is 0. The molecule has 1 aliphatic rings. The zero-order chi connectivity index (χ0) is 18.5. The van der Waals surface area contributed by atoms with Gasteiger partial charge >= 0.3 is 5.97 Å². The number of carbonyl (C=O) groups is 1. The van der Waals surface area contributed by atoms with Gasteiger partial charge in [0, 0.05) is 6.92 Å². The van der Waals surface area contributed by atoms with E-state index in [0.717, 1.165) is 18.8 Å². The second-order valence-electron chi connectivity index (χ2n) is 7.46. The van der Waals surface area contributed by atoms with Crippen molar-refractivity contribution in [3.8, 4) is 0 Å². The number of rotatable bonds is 7. The molecule has 0 spiro atoms. The standard InChI is InChI=1S/C12H22O2.C10H16/c1-10(2)6-5-7-11(3)8-9-14-12(4)13;1-8(2)10-6-4-9(3)5-7-10/h6,11H,5,7-9H2,1-4H3;4,10H,1,5-7H2,2-3H3. The number of hydrogen-bond acceptors (Lipinski definition) is 2. The summed E-state index contributed by atoms with van der Waals surface area (Å²) in [5.74, 6) is 1.22. The average molecular weight is 335 g/mol. The van der Waals surface area contributed by atoms with Gasteiger partial charge in [-0.2, -0.15) is 0 Å². The number of ether oxygens (including phenoxy) is 1. The maximum absolute atomic E-state index is 10.5. The van der Waals surface area contributed by atoms with Crippen LogP contribution in [0.3, 0.4) is 0 Å². The van der Waals surface area contributed by atoms with Crippen LogP contribution in [0.1, 0.15) is 80.1 Å². The van der Waals surface area contributed by atoms with Crippen molar-refractivity contribution in [2.75, 3.05) is 6.61 Å². The molecule has 0 bridgehead atoms. The molecule has 0 saturated carbocycles. The molecule has 0 fully saturated rings. The molecule has 0 saturated heterocycles. The van der Waals surface area contributed by atoms with Crippen molar-refractivity contribution in [3.05, 3.63) is 35.5 Å². The summed E-state index contributed by atoms with van der Waals surface area (Å²) < 4.78 is 4.89. The van der Waals surface area contributed by atoms with Crippen molar-refractivity contribution in [1.29, 1.82) is 0 Å². The number of esters is 1. The van der Waals surface area contributed by atoms with Crippen LogP contribution in [-0.4, -0.2) is 12.6 Å². The molecule has 0 radical (unpaired) electrons. The van der Waals surface area contributed by atoms with E-state index in [0.29, 0.717) is 12.5 Å². The topological polar surface area (TPSA) is 26.3 Å².